The first kappa shape index (κ1) is 11.4. The minimum absolute atomic E-state index is 0.297. The van der Waals surface area contributed by atoms with E-state index in [1.165, 1.54) is 49.6 Å². The molecule has 2 rings (SSSR count). The van der Waals surface area contributed by atoms with Gasteiger partial charge in [0.15, 0.2) is 5.13 Å². The maximum atomic E-state index is 10.7. The van der Waals surface area contributed by atoms with Crippen molar-refractivity contribution in [2.45, 2.75) is 32.1 Å². The van der Waals surface area contributed by atoms with Crippen LogP contribution in [-0.4, -0.2) is 22.6 Å². The number of carboxylic acids is 1. The second kappa shape index (κ2) is 5.30. The van der Waals surface area contributed by atoms with E-state index in [4.69, 9.17) is 5.11 Å². The molecular weight excluding hydrogens is 224 g/mol. The van der Waals surface area contributed by atoms with Crippen molar-refractivity contribution < 1.29 is 9.90 Å². The Morgan fingerprint density at radius 3 is 2.88 bits per heavy atom. The molecule has 0 saturated heterocycles. The molecule has 1 aromatic heterocycles. The van der Waals surface area contributed by atoms with Gasteiger partial charge in [0.05, 0.1) is 6.20 Å². The van der Waals surface area contributed by atoms with E-state index in [1.54, 1.807) is 0 Å². The summed E-state index contributed by atoms with van der Waals surface area (Å²) in [6.07, 6.45) is 7.98. The second-order valence-corrected chi connectivity index (χ2v) is 5.25. The second-order valence-electron chi connectivity index (χ2n) is 4.22. The smallest absolute Gasteiger partial charge is 0.347 e. The lowest BCUT2D eigenvalue weighted by molar-refractivity contribution is 0.0702. The molecule has 4 nitrogen and oxygen atoms in total. The van der Waals surface area contributed by atoms with Gasteiger partial charge in [0.25, 0.3) is 0 Å². The van der Waals surface area contributed by atoms with Crippen molar-refractivity contribution in [3.8, 4) is 0 Å². The third-order valence-electron chi connectivity index (χ3n) is 2.98. The van der Waals surface area contributed by atoms with Gasteiger partial charge in [-0.25, -0.2) is 9.78 Å². The molecule has 1 aromatic rings. The Morgan fingerprint density at radius 1 is 1.50 bits per heavy atom. The SMILES string of the molecule is O=C(O)c1cnc(NCC2CCCCC2)s1. The van der Waals surface area contributed by atoms with Gasteiger partial charge in [0, 0.05) is 6.54 Å². The average Bonchev–Trinajstić information content (AvgIpc) is 2.76. The molecule has 0 aliphatic heterocycles. The Bertz CT molecular complexity index is 359. The normalized spacial score (nSPS) is 17.2. The summed E-state index contributed by atoms with van der Waals surface area (Å²) < 4.78 is 0. The summed E-state index contributed by atoms with van der Waals surface area (Å²) >= 11 is 1.21. The fraction of sp³-hybridized carbons (Fsp3) is 0.636. The molecule has 0 radical (unpaired) electrons. The van der Waals surface area contributed by atoms with Crippen LogP contribution in [0.4, 0.5) is 5.13 Å². The van der Waals surface area contributed by atoms with Crippen LogP contribution in [0.25, 0.3) is 0 Å². The lowest BCUT2D eigenvalue weighted by Gasteiger charge is -2.21. The number of nitrogens with one attached hydrogen (secondary N) is 1. The van der Waals surface area contributed by atoms with Crippen LogP contribution in [0.5, 0.6) is 0 Å². The first-order valence-electron chi connectivity index (χ1n) is 5.68. The van der Waals surface area contributed by atoms with Gasteiger partial charge in [-0.1, -0.05) is 30.6 Å². The van der Waals surface area contributed by atoms with Gasteiger partial charge in [-0.2, -0.15) is 0 Å². The van der Waals surface area contributed by atoms with E-state index in [-0.39, 0.29) is 0 Å². The Kier molecular flexibility index (Phi) is 3.77. The van der Waals surface area contributed by atoms with Crippen LogP contribution < -0.4 is 5.32 Å². The third kappa shape index (κ3) is 2.95. The van der Waals surface area contributed by atoms with Gasteiger partial charge in [-0.15, -0.1) is 0 Å². The number of thiazole rings is 1. The minimum atomic E-state index is -0.900. The van der Waals surface area contributed by atoms with E-state index >= 15 is 0 Å². The van der Waals surface area contributed by atoms with Crippen LogP contribution in [0, 0.1) is 5.92 Å². The summed E-state index contributed by atoms with van der Waals surface area (Å²) in [5.74, 6) is -0.172. The zero-order valence-corrected chi connectivity index (χ0v) is 9.92. The molecule has 0 atom stereocenters. The maximum absolute atomic E-state index is 10.7. The predicted molar refractivity (Wildman–Crippen MR) is 64.1 cm³/mol. The number of rotatable bonds is 4. The van der Waals surface area contributed by atoms with Crippen LogP contribution in [0.2, 0.25) is 0 Å². The topological polar surface area (TPSA) is 62.2 Å². The minimum Gasteiger partial charge on any atom is -0.477 e. The van der Waals surface area contributed by atoms with Crippen LogP contribution >= 0.6 is 11.3 Å². The number of carboxylic acid groups (broad SMARTS) is 1. The largest absolute Gasteiger partial charge is 0.477 e. The molecule has 0 unspecified atom stereocenters. The van der Waals surface area contributed by atoms with Gasteiger partial charge < -0.3 is 10.4 Å². The quantitative estimate of drug-likeness (QED) is 0.849. The summed E-state index contributed by atoms with van der Waals surface area (Å²) in [6.45, 7) is 0.923. The molecule has 2 N–H and O–H groups in total. The van der Waals surface area contributed by atoms with Crippen molar-refractivity contribution in [1.29, 1.82) is 0 Å². The van der Waals surface area contributed by atoms with Crippen molar-refractivity contribution in [3.63, 3.8) is 0 Å². The zero-order valence-electron chi connectivity index (χ0n) is 9.11. The molecule has 88 valence electrons. The van der Waals surface area contributed by atoms with Crippen molar-refractivity contribution >= 4 is 22.4 Å². The fourth-order valence-electron chi connectivity index (χ4n) is 2.08. The number of hydrogen-bond acceptors (Lipinski definition) is 4. The molecule has 0 aromatic carbocycles. The lowest BCUT2D eigenvalue weighted by atomic mass is 9.89. The highest BCUT2D eigenvalue weighted by atomic mass is 32.1. The first-order chi connectivity index (χ1) is 7.75. The molecule has 1 saturated carbocycles. The summed E-state index contributed by atoms with van der Waals surface area (Å²) in [7, 11) is 0. The Balaban J connectivity index is 1.81. The van der Waals surface area contributed by atoms with Crippen molar-refractivity contribution in [1.82, 2.24) is 4.98 Å². The molecule has 0 amide bonds. The highest BCUT2D eigenvalue weighted by Gasteiger charge is 2.14. The number of hydrogen-bond donors (Lipinski definition) is 2. The summed E-state index contributed by atoms with van der Waals surface area (Å²) in [4.78, 5) is 15.0. The lowest BCUT2D eigenvalue weighted by Crippen LogP contribution is -2.16. The van der Waals surface area contributed by atoms with Crippen LogP contribution in [0.3, 0.4) is 0 Å². The monoisotopic (exact) mass is 240 g/mol. The fourth-order valence-corrected chi connectivity index (χ4v) is 2.74. The molecule has 1 aliphatic rings. The van der Waals surface area contributed by atoms with Gasteiger partial charge in [0.2, 0.25) is 0 Å². The molecule has 0 bridgehead atoms. The van der Waals surface area contributed by atoms with E-state index in [2.05, 4.69) is 10.3 Å². The summed E-state index contributed by atoms with van der Waals surface area (Å²) in [5.41, 5.74) is 0. The van der Waals surface area contributed by atoms with Crippen molar-refractivity contribution in [2.75, 3.05) is 11.9 Å². The Hall–Kier alpha value is -1.10. The highest BCUT2D eigenvalue weighted by Crippen LogP contribution is 2.25. The molecule has 1 aliphatic carbocycles. The molecule has 16 heavy (non-hydrogen) atoms. The van der Waals surface area contributed by atoms with Crippen molar-refractivity contribution in [2.24, 2.45) is 5.92 Å². The standard InChI is InChI=1S/C11H16N2O2S/c14-10(15)9-7-13-11(16-9)12-6-8-4-2-1-3-5-8/h7-8H,1-6H2,(H,12,13)(H,14,15). The number of anilines is 1. The first-order valence-corrected chi connectivity index (χ1v) is 6.50. The zero-order chi connectivity index (χ0) is 11.4. The Labute approximate surface area is 98.7 Å². The average molecular weight is 240 g/mol. The van der Waals surface area contributed by atoms with Gasteiger partial charge >= 0.3 is 5.97 Å². The van der Waals surface area contributed by atoms with E-state index in [0.29, 0.717) is 4.88 Å². The van der Waals surface area contributed by atoms with E-state index in [9.17, 15) is 4.79 Å². The molecular formula is C11H16N2O2S. The van der Waals surface area contributed by atoms with E-state index in [1.807, 2.05) is 0 Å². The number of aromatic nitrogens is 1. The molecule has 1 heterocycles. The van der Waals surface area contributed by atoms with Crippen LogP contribution in [-0.2, 0) is 0 Å². The summed E-state index contributed by atoms with van der Waals surface area (Å²) in [6, 6.07) is 0. The predicted octanol–water partition coefficient (Wildman–Crippen LogP) is 2.83. The van der Waals surface area contributed by atoms with E-state index < -0.39 is 5.97 Å². The molecule has 5 heteroatoms. The summed E-state index contributed by atoms with van der Waals surface area (Å²) in [5, 5.41) is 12.7. The van der Waals surface area contributed by atoms with Crippen LogP contribution in [0.1, 0.15) is 41.8 Å². The van der Waals surface area contributed by atoms with E-state index in [0.717, 1.165) is 17.6 Å². The van der Waals surface area contributed by atoms with Crippen molar-refractivity contribution in [3.05, 3.63) is 11.1 Å². The highest BCUT2D eigenvalue weighted by molar-refractivity contribution is 7.17. The number of aromatic carboxylic acids is 1. The van der Waals surface area contributed by atoms with Gasteiger partial charge in [-0.05, 0) is 18.8 Å². The number of carbonyl (C=O) groups is 1. The third-order valence-corrected chi connectivity index (χ3v) is 3.93. The van der Waals surface area contributed by atoms with Crippen LogP contribution in [0.15, 0.2) is 6.20 Å². The van der Waals surface area contributed by atoms with Gasteiger partial charge in [0.1, 0.15) is 4.88 Å². The molecule has 0 spiro atoms. The molecule has 1 fully saturated rings. The van der Waals surface area contributed by atoms with Gasteiger partial charge in [-0.3, -0.25) is 0 Å². The Morgan fingerprint density at radius 2 is 2.25 bits per heavy atom. The number of nitrogens with zero attached hydrogens (tertiary/aromatic N) is 1. The maximum Gasteiger partial charge on any atom is 0.347 e.